The van der Waals surface area contributed by atoms with Crippen molar-refractivity contribution in [1.29, 1.82) is 5.26 Å². The van der Waals surface area contributed by atoms with Gasteiger partial charge in [0.15, 0.2) is 6.10 Å². The molecule has 3 rings (SSSR count). The summed E-state index contributed by atoms with van der Waals surface area (Å²) in [5.41, 5.74) is 2.03. The Labute approximate surface area is 166 Å². The van der Waals surface area contributed by atoms with E-state index in [1.165, 1.54) is 24.3 Å². The summed E-state index contributed by atoms with van der Waals surface area (Å²) >= 11 is 1.43. The number of hydrogen-bond donors (Lipinski definition) is 1. The molecule has 1 aliphatic carbocycles. The lowest BCUT2D eigenvalue weighted by Crippen LogP contribution is -2.30. The van der Waals surface area contributed by atoms with Gasteiger partial charge < -0.3 is 20.2 Å². The van der Waals surface area contributed by atoms with Crippen LogP contribution in [0.2, 0.25) is 0 Å². The van der Waals surface area contributed by atoms with Crippen molar-refractivity contribution in [3.8, 4) is 11.8 Å². The first-order valence-corrected chi connectivity index (χ1v) is 9.86. The van der Waals surface area contributed by atoms with E-state index >= 15 is 0 Å². The standard InChI is InChI=1S/C19H20N4O4S/c1-11-8-9-15(17(21-11)23(25)26)27-12(2)18(24)22-19-14(10-20)13-6-4-3-5-7-16(13)28-19/h8-9,12H,3-7H2,1-2H3,(H,22,24)/t12-/m0/s1. The Balaban J connectivity index is 1.77. The Bertz CT molecular complexity index is 964. The highest BCUT2D eigenvalue weighted by molar-refractivity contribution is 7.16. The maximum atomic E-state index is 12.6. The molecule has 9 heteroatoms. The highest BCUT2D eigenvalue weighted by atomic mass is 32.1. The van der Waals surface area contributed by atoms with Crippen molar-refractivity contribution in [2.75, 3.05) is 5.32 Å². The zero-order valence-corrected chi connectivity index (χ0v) is 16.5. The number of carbonyl (C=O) groups is 1. The molecule has 0 spiro atoms. The molecule has 2 aromatic heterocycles. The highest BCUT2D eigenvalue weighted by Gasteiger charge is 2.26. The number of nitriles is 1. The predicted molar refractivity (Wildman–Crippen MR) is 105 cm³/mol. The SMILES string of the molecule is Cc1ccc(O[C@@H](C)C(=O)Nc2sc3c(c2C#N)CCCCC3)c([N+](=O)[O-])n1. The summed E-state index contributed by atoms with van der Waals surface area (Å²) in [6, 6.07) is 5.22. The average Bonchev–Trinajstić information content (AvgIpc) is 2.82. The minimum Gasteiger partial charge on any atom is -0.473 e. The average molecular weight is 400 g/mol. The molecule has 0 saturated heterocycles. The van der Waals surface area contributed by atoms with Gasteiger partial charge in [0.05, 0.1) is 5.56 Å². The van der Waals surface area contributed by atoms with Gasteiger partial charge in [-0.15, -0.1) is 11.3 Å². The number of aryl methyl sites for hydroxylation is 2. The number of hydrogen-bond acceptors (Lipinski definition) is 7. The monoisotopic (exact) mass is 400 g/mol. The van der Waals surface area contributed by atoms with Crippen LogP contribution in [0.4, 0.5) is 10.8 Å². The van der Waals surface area contributed by atoms with Crippen molar-refractivity contribution in [3.63, 3.8) is 0 Å². The van der Waals surface area contributed by atoms with Gasteiger partial charge in [0.2, 0.25) is 5.75 Å². The molecule has 1 N–H and O–H groups in total. The Kier molecular flexibility index (Phi) is 5.90. The molecule has 146 valence electrons. The number of nitrogens with zero attached hydrogens (tertiary/aromatic N) is 3. The molecule has 1 atom stereocenters. The molecule has 28 heavy (non-hydrogen) atoms. The minimum absolute atomic E-state index is 0.0688. The summed E-state index contributed by atoms with van der Waals surface area (Å²) in [5.74, 6) is -0.969. The van der Waals surface area contributed by atoms with Gasteiger partial charge in [0.1, 0.15) is 16.8 Å². The third-order valence-electron chi connectivity index (χ3n) is 4.59. The van der Waals surface area contributed by atoms with Crippen LogP contribution in [0, 0.1) is 28.4 Å². The second-order valence-corrected chi connectivity index (χ2v) is 7.77. The smallest absolute Gasteiger partial charge is 0.406 e. The molecule has 0 saturated carbocycles. The van der Waals surface area contributed by atoms with Crippen molar-refractivity contribution in [2.24, 2.45) is 0 Å². The third kappa shape index (κ3) is 4.12. The molecule has 0 aromatic carbocycles. The number of pyridine rings is 1. The van der Waals surface area contributed by atoms with Gasteiger partial charge >= 0.3 is 5.82 Å². The summed E-state index contributed by atoms with van der Waals surface area (Å²) in [6.45, 7) is 3.14. The summed E-state index contributed by atoms with van der Waals surface area (Å²) in [7, 11) is 0. The number of thiophene rings is 1. The van der Waals surface area contributed by atoms with Crippen LogP contribution in [0.1, 0.15) is 47.9 Å². The lowest BCUT2D eigenvalue weighted by atomic mass is 10.1. The summed E-state index contributed by atoms with van der Waals surface area (Å²) in [6.07, 6.45) is 4.03. The molecule has 0 bridgehead atoms. The second-order valence-electron chi connectivity index (χ2n) is 6.66. The van der Waals surface area contributed by atoms with Crippen LogP contribution in [0.15, 0.2) is 12.1 Å². The minimum atomic E-state index is -0.989. The quantitative estimate of drug-likeness (QED) is 0.462. The van der Waals surface area contributed by atoms with Gasteiger partial charge in [-0.05, 0) is 60.2 Å². The summed E-state index contributed by atoms with van der Waals surface area (Å²) in [4.78, 5) is 28.1. The van der Waals surface area contributed by atoms with E-state index in [2.05, 4.69) is 16.4 Å². The van der Waals surface area contributed by atoms with Crippen LogP contribution < -0.4 is 10.1 Å². The van der Waals surface area contributed by atoms with Crippen molar-refractivity contribution in [2.45, 2.75) is 52.1 Å². The third-order valence-corrected chi connectivity index (χ3v) is 5.80. The normalized spacial score (nSPS) is 14.3. The number of carbonyl (C=O) groups excluding carboxylic acids is 1. The zero-order valence-electron chi connectivity index (χ0n) is 15.7. The highest BCUT2D eigenvalue weighted by Crippen LogP contribution is 2.37. The van der Waals surface area contributed by atoms with Crippen molar-refractivity contribution in [3.05, 3.63) is 43.9 Å². The second kappa shape index (κ2) is 8.35. The summed E-state index contributed by atoms with van der Waals surface area (Å²) < 4.78 is 5.50. The van der Waals surface area contributed by atoms with Crippen molar-refractivity contribution in [1.82, 2.24) is 4.98 Å². The Hall–Kier alpha value is -2.99. The van der Waals surface area contributed by atoms with Crippen LogP contribution in [0.25, 0.3) is 0 Å². The van der Waals surface area contributed by atoms with Gasteiger partial charge in [0, 0.05) is 11.8 Å². The topological polar surface area (TPSA) is 118 Å². The number of aromatic nitrogens is 1. The van der Waals surface area contributed by atoms with Crippen LogP contribution in [0.5, 0.6) is 5.75 Å². The van der Waals surface area contributed by atoms with Gasteiger partial charge in [-0.2, -0.15) is 5.26 Å². The van der Waals surface area contributed by atoms with E-state index < -0.39 is 22.8 Å². The Morgan fingerprint density at radius 3 is 2.86 bits per heavy atom. The molecule has 1 amide bonds. The molecule has 2 heterocycles. The number of ether oxygens (including phenoxy) is 1. The lowest BCUT2D eigenvalue weighted by molar-refractivity contribution is -0.390. The predicted octanol–water partition coefficient (Wildman–Crippen LogP) is 3.91. The van der Waals surface area contributed by atoms with Gasteiger partial charge in [-0.3, -0.25) is 4.79 Å². The van der Waals surface area contributed by atoms with Crippen LogP contribution in [0.3, 0.4) is 0 Å². The van der Waals surface area contributed by atoms with Crippen LogP contribution in [-0.4, -0.2) is 21.9 Å². The van der Waals surface area contributed by atoms with E-state index in [0.29, 0.717) is 16.3 Å². The first-order chi connectivity index (χ1) is 13.4. The van der Waals surface area contributed by atoms with Gasteiger partial charge in [-0.1, -0.05) is 6.42 Å². The van der Waals surface area contributed by atoms with Crippen LogP contribution in [-0.2, 0) is 17.6 Å². The fourth-order valence-corrected chi connectivity index (χ4v) is 4.40. The van der Waals surface area contributed by atoms with Gasteiger partial charge in [-0.25, -0.2) is 0 Å². The number of nitro groups is 1. The molecule has 2 aromatic rings. The summed E-state index contributed by atoms with van der Waals surface area (Å²) in [5, 5.41) is 24.0. The molecule has 0 fully saturated rings. The lowest BCUT2D eigenvalue weighted by Gasteiger charge is -2.14. The first kappa shape index (κ1) is 19.8. The number of amides is 1. The van der Waals surface area contributed by atoms with Crippen molar-refractivity contribution >= 4 is 28.1 Å². The molecular weight excluding hydrogens is 380 g/mol. The molecule has 0 unspecified atom stereocenters. The number of fused-ring (bicyclic) bond motifs is 1. The number of rotatable bonds is 5. The van der Waals surface area contributed by atoms with E-state index in [1.807, 2.05) is 0 Å². The fraction of sp³-hybridized carbons (Fsp3) is 0.421. The number of nitrogens with one attached hydrogen (secondary N) is 1. The van der Waals surface area contributed by atoms with E-state index in [-0.39, 0.29) is 5.75 Å². The molecule has 0 aliphatic heterocycles. The maximum absolute atomic E-state index is 12.6. The maximum Gasteiger partial charge on any atom is 0.406 e. The van der Waals surface area contributed by atoms with E-state index in [9.17, 15) is 20.2 Å². The van der Waals surface area contributed by atoms with Gasteiger partial charge in [0.25, 0.3) is 5.91 Å². The first-order valence-electron chi connectivity index (χ1n) is 9.05. The van der Waals surface area contributed by atoms with E-state index in [0.717, 1.165) is 42.5 Å². The molecule has 0 radical (unpaired) electrons. The number of anilines is 1. The Morgan fingerprint density at radius 2 is 2.14 bits per heavy atom. The molecule has 1 aliphatic rings. The van der Waals surface area contributed by atoms with E-state index in [1.54, 1.807) is 13.0 Å². The zero-order chi connectivity index (χ0) is 20.3. The fourth-order valence-electron chi connectivity index (χ4n) is 3.16. The molecular formula is C19H20N4O4S. The van der Waals surface area contributed by atoms with Crippen LogP contribution >= 0.6 is 11.3 Å². The largest absolute Gasteiger partial charge is 0.473 e. The molecule has 8 nitrogen and oxygen atoms in total. The van der Waals surface area contributed by atoms with Crippen molar-refractivity contribution < 1.29 is 14.5 Å². The van der Waals surface area contributed by atoms with E-state index in [4.69, 9.17) is 4.74 Å². The Morgan fingerprint density at radius 1 is 1.39 bits per heavy atom.